The Labute approximate surface area is 102 Å². The molecule has 0 radical (unpaired) electrons. The molecule has 1 aliphatic carbocycles. The molecule has 0 atom stereocenters. The highest BCUT2D eigenvalue weighted by Gasteiger charge is 2.45. The molecule has 1 saturated carbocycles. The minimum atomic E-state index is -0.454. The molecule has 16 heavy (non-hydrogen) atoms. The number of rotatable bonds is 3. The molecule has 0 amide bonds. The van der Waals surface area contributed by atoms with Crippen molar-refractivity contribution in [2.75, 3.05) is 14.2 Å². The predicted octanol–water partition coefficient (Wildman–Crippen LogP) is 2.12. The van der Waals surface area contributed by atoms with E-state index in [0.29, 0.717) is 21.5 Å². The number of hydrogen-bond donors (Lipinski definition) is 2. The van der Waals surface area contributed by atoms with Gasteiger partial charge < -0.3 is 20.3 Å². The highest BCUT2D eigenvalue weighted by atomic mass is 79.9. The van der Waals surface area contributed by atoms with Gasteiger partial charge in [-0.2, -0.15) is 0 Å². The van der Waals surface area contributed by atoms with Crippen LogP contribution in [0.1, 0.15) is 18.4 Å². The Balaban J connectivity index is 2.64. The van der Waals surface area contributed by atoms with E-state index in [0.717, 1.165) is 12.8 Å². The van der Waals surface area contributed by atoms with E-state index in [9.17, 15) is 5.11 Å². The number of nitrogens with two attached hydrogens (primary N) is 1. The number of halogens is 1. The van der Waals surface area contributed by atoms with Crippen LogP contribution >= 0.6 is 15.9 Å². The van der Waals surface area contributed by atoms with E-state index in [1.54, 1.807) is 13.2 Å². The molecular formula is C11H14BrNO3. The summed E-state index contributed by atoms with van der Waals surface area (Å²) in [6.45, 7) is 0. The van der Waals surface area contributed by atoms with Crippen LogP contribution in [0.3, 0.4) is 0 Å². The van der Waals surface area contributed by atoms with Crippen LogP contribution < -0.4 is 15.2 Å². The summed E-state index contributed by atoms with van der Waals surface area (Å²) >= 11 is 3.39. The Morgan fingerprint density at radius 1 is 1.38 bits per heavy atom. The van der Waals surface area contributed by atoms with Crippen molar-refractivity contribution in [1.82, 2.24) is 0 Å². The van der Waals surface area contributed by atoms with Crippen molar-refractivity contribution in [2.24, 2.45) is 5.73 Å². The molecule has 0 aromatic heterocycles. The van der Waals surface area contributed by atoms with Crippen molar-refractivity contribution < 1.29 is 14.6 Å². The van der Waals surface area contributed by atoms with Gasteiger partial charge in [-0.25, -0.2) is 0 Å². The number of benzene rings is 1. The lowest BCUT2D eigenvalue weighted by Gasteiger charge is -2.19. The second-order valence-corrected chi connectivity index (χ2v) is 4.77. The van der Waals surface area contributed by atoms with Crippen molar-refractivity contribution >= 4 is 15.9 Å². The van der Waals surface area contributed by atoms with E-state index < -0.39 is 5.54 Å². The maximum atomic E-state index is 9.97. The topological polar surface area (TPSA) is 64.7 Å². The van der Waals surface area contributed by atoms with E-state index in [2.05, 4.69) is 15.9 Å². The standard InChI is InChI=1S/C11H14BrNO3/c1-15-7-5-6(14)8(11(13)3-4-11)10(16-2)9(7)12/h5,14H,3-4,13H2,1-2H3. The normalized spacial score (nSPS) is 17.0. The van der Waals surface area contributed by atoms with Crippen LogP contribution in [0.5, 0.6) is 17.2 Å². The second kappa shape index (κ2) is 3.82. The van der Waals surface area contributed by atoms with Gasteiger partial charge in [0.25, 0.3) is 0 Å². The minimum Gasteiger partial charge on any atom is -0.507 e. The zero-order valence-corrected chi connectivity index (χ0v) is 10.8. The average Bonchev–Trinajstić information content (AvgIpc) is 2.99. The third kappa shape index (κ3) is 1.64. The summed E-state index contributed by atoms with van der Waals surface area (Å²) in [6.07, 6.45) is 1.71. The lowest BCUT2D eigenvalue weighted by Crippen LogP contribution is -2.20. The third-order valence-corrected chi connectivity index (χ3v) is 3.63. The maximum Gasteiger partial charge on any atom is 0.145 e. The van der Waals surface area contributed by atoms with Crippen LogP contribution in [-0.4, -0.2) is 19.3 Å². The molecule has 88 valence electrons. The lowest BCUT2D eigenvalue weighted by atomic mass is 10.0. The molecule has 2 rings (SSSR count). The smallest absolute Gasteiger partial charge is 0.145 e. The first-order chi connectivity index (χ1) is 7.53. The second-order valence-electron chi connectivity index (χ2n) is 3.98. The van der Waals surface area contributed by atoms with E-state index >= 15 is 0 Å². The van der Waals surface area contributed by atoms with Crippen LogP contribution in [0.2, 0.25) is 0 Å². The first-order valence-corrected chi connectivity index (χ1v) is 5.75. The molecular weight excluding hydrogens is 274 g/mol. The van der Waals surface area contributed by atoms with Crippen LogP contribution in [0.4, 0.5) is 0 Å². The van der Waals surface area contributed by atoms with E-state index in [4.69, 9.17) is 15.2 Å². The van der Waals surface area contributed by atoms with Crippen LogP contribution in [0.15, 0.2) is 10.5 Å². The summed E-state index contributed by atoms with van der Waals surface area (Å²) in [7, 11) is 3.09. The van der Waals surface area contributed by atoms with E-state index in [1.807, 2.05) is 0 Å². The average molecular weight is 288 g/mol. The fraction of sp³-hybridized carbons (Fsp3) is 0.455. The molecule has 1 aromatic rings. The summed E-state index contributed by atoms with van der Waals surface area (Å²) < 4.78 is 11.1. The molecule has 0 saturated heterocycles. The van der Waals surface area contributed by atoms with Gasteiger partial charge >= 0.3 is 0 Å². The van der Waals surface area contributed by atoms with Crippen molar-refractivity contribution in [3.05, 3.63) is 16.1 Å². The maximum absolute atomic E-state index is 9.97. The van der Waals surface area contributed by atoms with Crippen molar-refractivity contribution in [1.29, 1.82) is 0 Å². The molecule has 5 heteroatoms. The van der Waals surface area contributed by atoms with Gasteiger partial charge in [0.2, 0.25) is 0 Å². The summed E-state index contributed by atoms with van der Waals surface area (Å²) in [6, 6.07) is 1.55. The number of hydrogen-bond acceptors (Lipinski definition) is 4. The van der Waals surface area contributed by atoms with Gasteiger partial charge in [-0.1, -0.05) is 0 Å². The monoisotopic (exact) mass is 287 g/mol. The molecule has 1 aromatic carbocycles. The van der Waals surface area contributed by atoms with Crippen LogP contribution in [-0.2, 0) is 5.54 Å². The number of phenols is 1. The SMILES string of the molecule is COc1cc(O)c(C2(N)CC2)c(OC)c1Br. The molecule has 1 fully saturated rings. The molecule has 1 aliphatic rings. The number of ether oxygens (including phenoxy) is 2. The molecule has 4 nitrogen and oxygen atoms in total. The quantitative estimate of drug-likeness (QED) is 0.894. The van der Waals surface area contributed by atoms with Gasteiger partial charge in [0.05, 0.1) is 19.8 Å². The largest absolute Gasteiger partial charge is 0.507 e. The fourth-order valence-corrected chi connectivity index (χ4v) is 2.44. The number of methoxy groups -OCH3 is 2. The summed E-state index contributed by atoms with van der Waals surface area (Å²) in [5.41, 5.74) is 6.30. The third-order valence-electron chi connectivity index (χ3n) is 2.88. The van der Waals surface area contributed by atoms with Gasteiger partial charge in [-0.05, 0) is 28.8 Å². The van der Waals surface area contributed by atoms with Crippen LogP contribution in [0.25, 0.3) is 0 Å². The first-order valence-electron chi connectivity index (χ1n) is 4.96. The molecule has 0 aliphatic heterocycles. The fourth-order valence-electron chi connectivity index (χ4n) is 1.80. The Morgan fingerprint density at radius 2 is 2.00 bits per heavy atom. The molecule has 0 bridgehead atoms. The van der Waals surface area contributed by atoms with Gasteiger partial charge in [0.1, 0.15) is 21.7 Å². The molecule has 0 heterocycles. The Hall–Kier alpha value is -0.940. The summed E-state index contributed by atoms with van der Waals surface area (Å²) in [4.78, 5) is 0. The zero-order valence-electron chi connectivity index (χ0n) is 9.21. The van der Waals surface area contributed by atoms with Gasteiger partial charge in [-0.15, -0.1) is 0 Å². The predicted molar refractivity (Wildman–Crippen MR) is 64.0 cm³/mol. The molecule has 0 unspecified atom stereocenters. The van der Waals surface area contributed by atoms with Gasteiger partial charge in [0, 0.05) is 11.6 Å². The number of aromatic hydroxyl groups is 1. The van der Waals surface area contributed by atoms with E-state index in [1.165, 1.54) is 7.11 Å². The van der Waals surface area contributed by atoms with Gasteiger partial charge in [0.15, 0.2) is 0 Å². The zero-order chi connectivity index (χ0) is 11.9. The van der Waals surface area contributed by atoms with Crippen LogP contribution in [0, 0.1) is 0 Å². The molecule has 3 N–H and O–H groups in total. The Kier molecular flexibility index (Phi) is 2.75. The minimum absolute atomic E-state index is 0.122. The molecule has 0 spiro atoms. The van der Waals surface area contributed by atoms with Gasteiger partial charge in [-0.3, -0.25) is 0 Å². The number of phenolic OH excluding ortho intramolecular Hbond substituents is 1. The lowest BCUT2D eigenvalue weighted by molar-refractivity contribution is 0.369. The highest BCUT2D eigenvalue weighted by Crippen LogP contribution is 2.54. The first kappa shape index (κ1) is 11.5. The van der Waals surface area contributed by atoms with E-state index in [-0.39, 0.29) is 5.75 Å². The summed E-state index contributed by atoms with van der Waals surface area (Å²) in [5, 5.41) is 9.97. The van der Waals surface area contributed by atoms with Crippen molar-refractivity contribution in [3.63, 3.8) is 0 Å². The summed E-state index contributed by atoms with van der Waals surface area (Å²) in [5.74, 6) is 1.20. The Morgan fingerprint density at radius 3 is 2.44 bits per heavy atom. The Bertz CT molecular complexity index is 430. The highest BCUT2D eigenvalue weighted by molar-refractivity contribution is 9.10. The van der Waals surface area contributed by atoms with Crippen molar-refractivity contribution in [3.8, 4) is 17.2 Å². The van der Waals surface area contributed by atoms with Crippen molar-refractivity contribution in [2.45, 2.75) is 18.4 Å².